The van der Waals surface area contributed by atoms with E-state index in [9.17, 15) is 29.6 Å². The van der Waals surface area contributed by atoms with Crippen molar-refractivity contribution in [3.63, 3.8) is 0 Å². The Morgan fingerprint density at radius 3 is 2.31 bits per heavy atom. The average Bonchev–Trinajstić information content (AvgIpc) is 2.82. The Labute approximate surface area is 202 Å². The second-order valence-electron chi connectivity index (χ2n) is 8.24. The summed E-state index contributed by atoms with van der Waals surface area (Å²) < 4.78 is 10.4. The lowest BCUT2D eigenvalue weighted by atomic mass is 10.0. The highest BCUT2D eigenvalue weighted by Gasteiger charge is 2.29. The third kappa shape index (κ3) is 8.61. The van der Waals surface area contributed by atoms with Crippen molar-refractivity contribution >= 4 is 23.7 Å². The molecule has 3 N–H and O–H groups in total. The molecule has 2 aromatic carbocycles. The molecule has 0 aromatic heterocycles. The standard InChI is InChI=1S/C24H29N3O8/c1-15(2)11-19(26-24(31)35-14-16-7-5-4-6-8-16)22(28)25-20(23(29)30)13-17-12-18(27(32)33)9-10-21(17)34-3/h4-10,12,15,19-20H,11,13-14H2,1-3H3,(H,25,28)(H,26,31)(H,29,30)/t19-,20-/m0/s1. The molecule has 188 valence electrons. The molecule has 0 heterocycles. The number of nitrogens with one attached hydrogen (secondary N) is 2. The number of alkyl carbamates (subject to hydrolysis) is 1. The predicted octanol–water partition coefficient (Wildman–Crippen LogP) is 3.06. The number of aliphatic carboxylic acids is 1. The van der Waals surface area contributed by atoms with Gasteiger partial charge in [0.2, 0.25) is 5.91 Å². The van der Waals surface area contributed by atoms with Crippen LogP contribution in [-0.4, -0.2) is 47.2 Å². The molecule has 0 bridgehead atoms. The summed E-state index contributed by atoms with van der Waals surface area (Å²) in [5, 5.41) is 25.7. The lowest BCUT2D eigenvalue weighted by Gasteiger charge is -2.23. The number of ether oxygens (including phenoxy) is 2. The van der Waals surface area contributed by atoms with E-state index in [2.05, 4.69) is 10.6 Å². The van der Waals surface area contributed by atoms with E-state index in [1.165, 1.54) is 25.3 Å². The highest BCUT2D eigenvalue weighted by Crippen LogP contribution is 2.25. The number of rotatable bonds is 12. The van der Waals surface area contributed by atoms with Crippen molar-refractivity contribution in [1.82, 2.24) is 10.6 Å². The molecule has 2 rings (SSSR count). The molecule has 0 aliphatic carbocycles. The van der Waals surface area contributed by atoms with Crippen LogP contribution in [0, 0.1) is 16.0 Å². The van der Waals surface area contributed by atoms with Gasteiger partial charge in [0.15, 0.2) is 0 Å². The Balaban J connectivity index is 2.12. The zero-order chi connectivity index (χ0) is 26.0. The van der Waals surface area contributed by atoms with Gasteiger partial charge in [0.25, 0.3) is 5.69 Å². The van der Waals surface area contributed by atoms with Gasteiger partial charge in [0.1, 0.15) is 24.4 Å². The second-order valence-corrected chi connectivity index (χ2v) is 8.24. The topological polar surface area (TPSA) is 157 Å². The van der Waals surface area contributed by atoms with Gasteiger partial charge in [-0.1, -0.05) is 44.2 Å². The van der Waals surface area contributed by atoms with Crippen LogP contribution < -0.4 is 15.4 Å². The van der Waals surface area contributed by atoms with E-state index in [4.69, 9.17) is 9.47 Å². The number of nitrogens with zero attached hydrogens (tertiary/aromatic N) is 1. The Morgan fingerprint density at radius 1 is 1.06 bits per heavy atom. The Morgan fingerprint density at radius 2 is 1.74 bits per heavy atom. The maximum absolute atomic E-state index is 12.9. The number of hydrogen-bond donors (Lipinski definition) is 3. The molecule has 0 spiro atoms. The number of carbonyl (C=O) groups is 3. The first-order valence-corrected chi connectivity index (χ1v) is 10.9. The van der Waals surface area contributed by atoms with Crippen molar-refractivity contribution in [2.24, 2.45) is 5.92 Å². The summed E-state index contributed by atoms with van der Waals surface area (Å²) in [6.45, 7) is 3.70. The molecule has 0 aliphatic rings. The number of carboxylic acids is 1. The Kier molecular flexibility index (Phi) is 10.0. The van der Waals surface area contributed by atoms with Crippen molar-refractivity contribution in [3.05, 3.63) is 69.8 Å². The monoisotopic (exact) mass is 487 g/mol. The smallest absolute Gasteiger partial charge is 0.408 e. The molecule has 0 unspecified atom stereocenters. The van der Waals surface area contributed by atoms with E-state index in [0.717, 1.165) is 5.56 Å². The van der Waals surface area contributed by atoms with Gasteiger partial charge in [-0.25, -0.2) is 9.59 Å². The Bertz CT molecular complexity index is 1040. The van der Waals surface area contributed by atoms with E-state index >= 15 is 0 Å². The molecular weight excluding hydrogens is 458 g/mol. The molecule has 11 heteroatoms. The fourth-order valence-corrected chi connectivity index (χ4v) is 3.34. The van der Waals surface area contributed by atoms with Crippen molar-refractivity contribution in [2.45, 2.75) is 45.4 Å². The summed E-state index contributed by atoms with van der Waals surface area (Å²) >= 11 is 0. The number of benzene rings is 2. The van der Waals surface area contributed by atoms with Gasteiger partial charge in [0, 0.05) is 24.1 Å². The minimum atomic E-state index is -1.42. The van der Waals surface area contributed by atoms with Gasteiger partial charge in [0.05, 0.1) is 12.0 Å². The van der Waals surface area contributed by atoms with Crippen LogP contribution in [0.5, 0.6) is 5.75 Å². The number of methoxy groups -OCH3 is 1. The van der Waals surface area contributed by atoms with E-state index in [-0.39, 0.29) is 42.4 Å². The Hall–Kier alpha value is -4.15. The van der Waals surface area contributed by atoms with Crippen molar-refractivity contribution in [3.8, 4) is 5.75 Å². The molecule has 0 fully saturated rings. The van der Waals surface area contributed by atoms with Crippen LogP contribution in [0.25, 0.3) is 0 Å². The van der Waals surface area contributed by atoms with Crippen molar-refractivity contribution in [2.75, 3.05) is 7.11 Å². The van der Waals surface area contributed by atoms with Crippen LogP contribution in [0.3, 0.4) is 0 Å². The number of hydrogen-bond acceptors (Lipinski definition) is 7. The number of non-ortho nitro benzene ring substituents is 1. The lowest BCUT2D eigenvalue weighted by molar-refractivity contribution is -0.384. The highest BCUT2D eigenvalue weighted by molar-refractivity contribution is 5.89. The molecular formula is C24H29N3O8. The number of nitro benzene ring substituents is 1. The number of amides is 2. The summed E-state index contributed by atoms with van der Waals surface area (Å²) in [4.78, 5) is 47.6. The molecule has 2 amide bonds. The van der Waals surface area contributed by atoms with Gasteiger partial charge in [-0.15, -0.1) is 0 Å². The SMILES string of the molecule is COc1ccc([N+](=O)[O-])cc1C[C@H](NC(=O)[C@H](CC(C)C)NC(=O)OCc1ccccc1)C(=O)O. The quantitative estimate of drug-likeness (QED) is 0.304. The molecule has 11 nitrogen and oxygen atoms in total. The van der Waals surface area contributed by atoms with Gasteiger partial charge in [-0.2, -0.15) is 0 Å². The largest absolute Gasteiger partial charge is 0.496 e. The summed E-state index contributed by atoms with van der Waals surface area (Å²) in [5.74, 6) is -1.81. The normalized spacial score (nSPS) is 12.3. The fraction of sp³-hybridized carbons (Fsp3) is 0.375. The molecule has 0 aliphatic heterocycles. The maximum Gasteiger partial charge on any atom is 0.408 e. The van der Waals surface area contributed by atoms with Gasteiger partial charge >= 0.3 is 12.1 Å². The van der Waals surface area contributed by atoms with Gasteiger partial charge in [-0.3, -0.25) is 14.9 Å². The first kappa shape index (κ1) is 27.1. The fourth-order valence-electron chi connectivity index (χ4n) is 3.34. The number of nitro groups is 1. The minimum Gasteiger partial charge on any atom is -0.496 e. The highest BCUT2D eigenvalue weighted by atomic mass is 16.6. The lowest BCUT2D eigenvalue weighted by Crippen LogP contribution is -2.52. The van der Waals surface area contributed by atoms with Crippen LogP contribution in [0.4, 0.5) is 10.5 Å². The first-order valence-electron chi connectivity index (χ1n) is 10.9. The summed E-state index contributed by atoms with van der Waals surface area (Å²) in [7, 11) is 1.35. The van der Waals surface area contributed by atoms with Crippen molar-refractivity contribution in [1.29, 1.82) is 0 Å². The second kappa shape index (κ2) is 12.9. The molecule has 0 radical (unpaired) electrons. The zero-order valence-electron chi connectivity index (χ0n) is 19.7. The van der Waals surface area contributed by atoms with Crippen LogP contribution in [0.2, 0.25) is 0 Å². The first-order chi connectivity index (χ1) is 16.6. The predicted molar refractivity (Wildman–Crippen MR) is 126 cm³/mol. The van der Waals surface area contributed by atoms with Crippen molar-refractivity contribution < 1.29 is 33.9 Å². The van der Waals surface area contributed by atoms with Gasteiger partial charge < -0.3 is 25.2 Å². The minimum absolute atomic E-state index is 0.000295. The van der Waals surface area contributed by atoms with E-state index in [1.807, 2.05) is 19.9 Å². The van der Waals surface area contributed by atoms with E-state index in [0.29, 0.717) is 0 Å². The molecule has 2 atom stereocenters. The third-order valence-corrected chi connectivity index (χ3v) is 5.04. The maximum atomic E-state index is 12.9. The molecule has 35 heavy (non-hydrogen) atoms. The third-order valence-electron chi connectivity index (χ3n) is 5.04. The average molecular weight is 488 g/mol. The summed E-state index contributed by atoms with van der Waals surface area (Å²) in [6, 6.07) is 10.3. The van der Waals surface area contributed by atoms with Crippen LogP contribution in [-0.2, 0) is 27.4 Å². The number of carbonyl (C=O) groups excluding carboxylic acids is 2. The van der Waals surface area contributed by atoms with Gasteiger partial charge in [-0.05, 0) is 24.0 Å². The summed E-state index contributed by atoms with van der Waals surface area (Å²) in [5.41, 5.74) is 0.770. The van der Waals surface area contributed by atoms with Crippen LogP contribution in [0.15, 0.2) is 48.5 Å². The molecule has 0 saturated carbocycles. The number of carboxylic acid groups (broad SMARTS) is 1. The van der Waals surface area contributed by atoms with E-state index in [1.54, 1.807) is 24.3 Å². The zero-order valence-corrected chi connectivity index (χ0v) is 19.7. The molecule has 2 aromatic rings. The molecule has 0 saturated heterocycles. The van der Waals surface area contributed by atoms with Crippen LogP contribution >= 0.6 is 0 Å². The summed E-state index contributed by atoms with van der Waals surface area (Å²) in [6.07, 6.45) is -0.848. The van der Waals surface area contributed by atoms with Crippen LogP contribution in [0.1, 0.15) is 31.4 Å². The van der Waals surface area contributed by atoms with E-state index < -0.39 is 35.0 Å².